The first kappa shape index (κ1) is 13.6. The van der Waals surface area contributed by atoms with Gasteiger partial charge in [-0.05, 0) is 25.6 Å². The average Bonchev–Trinajstić information content (AvgIpc) is 2.29. The molecule has 3 N–H and O–H groups in total. The van der Waals surface area contributed by atoms with Gasteiger partial charge in [-0.25, -0.2) is 0 Å². The SMILES string of the molecule is CCOCCN(C)Cc1cccnc1C(=N)N. The van der Waals surface area contributed by atoms with Crippen molar-refractivity contribution in [3.8, 4) is 0 Å². The van der Waals surface area contributed by atoms with Crippen molar-refractivity contribution in [1.82, 2.24) is 9.88 Å². The highest BCUT2D eigenvalue weighted by Crippen LogP contribution is 2.07. The molecule has 0 aliphatic carbocycles. The molecule has 0 spiro atoms. The molecule has 0 fully saturated rings. The molecule has 1 aromatic heterocycles. The second-order valence-corrected chi connectivity index (χ2v) is 3.86. The number of hydrogen-bond donors (Lipinski definition) is 2. The Labute approximate surface area is 102 Å². The van der Waals surface area contributed by atoms with Gasteiger partial charge in [0.05, 0.1) is 6.61 Å². The summed E-state index contributed by atoms with van der Waals surface area (Å²) in [7, 11) is 2.01. The van der Waals surface area contributed by atoms with Gasteiger partial charge in [0.25, 0.3) is 0 Å². The van der Waals surface area contributed by atoms with Gasteiger partial charge in [-0.15, -0.1) is 0 Å². The molecular weight excluding hydrogens is 216 g/mol. The van der Waals surface area contributed by atoms with Gasteiger partial charge < -0.3 is 10.5 Å². The lowest BCUT2D eigenvalue weighted by molar-refractivity contribution is 0.120. The Balaban J connectivity index is 2.58. The van der Waals surface area contributed by atoms with E-state index < -0.39 is 0 Å². The molecule has 1 rings (SSSR count). The summed E-state index contributed by atoms with van der Waals surface area (Å²) >= 11 is 0. The third kappa shape index (κ3) is 4.50. The normalized spacial score (nSPS) is 10.8. The lowest BCUT2D eigenvalue weighted by Gasteiger charge is -2.17. The van der Waals surface area contributed by atoms with E-state index in [-0.39, 0.29) is 5.84 Å². The molecule has 0 radical (unpaired) electrons. The van der Waals surface area contributed by atoms with Crippen LogP contribution in [0.2, 0.25) is 0 Å². The predicted octanol–water partition coefficient (Wildman–Crippen LogP) is 0.834. The number of hydrogen-bond acceptors (Lipinski definition) is 4. The van der Waals surface area contributed by atoms with Crippen LogP contribution >= 0.6 is 0 Å². The third-order valence-corrected chi connectivity index (χ3v) is 2.41. The summed E-state index contributed by atoms with van der Waals surface area (Å²) in [6.45, 7) is 4.99. The van der Waals surface area contributed by atoms with Crippen molar-refractivity contribution in [2.24, 2.45) is 5.73 Å². The molecule has 0 aliphatic heterocycles. The van der Waals surface area contributed by atoms with Gasteiger partial charge in [-0.2, -0.15) is 0 Å². The van der Waals surface area contributed by atoms with Crippen LogP contribution < -0.4 is 5.73 Å². The maximum atomic E-state index is 7.46. The number of ether oxygens (including phenoxy) is 1. The first-order valence-corrected chi connectivity index (χ1v) is 5.69. The topological polar surface area (TPSA) is 75.2 Å². The molecule has 0 amide bonds. The van der Waals surface area contributed by atoms with E-state index in [0.29, 0.717) is 12.3 Å². The van der Waals surface area contributed by atoms with E-state index in [4.69, 9.17) is 15.9 Å². The lowest BCUT2D eigenvalue weighted by atomic mass is 10.1. The van der Waals surface area contributed by atoms with E-state index in [1.165, 1.54) is 0 Å². The summed E-state index contributed by atoms with van der Waals surface area (Å²) in [6, 6.07) is 3.80. The summed E-state index contributed by atoms with van der Waals surface area (Å²) in [5, 5.41) is 7.46. The monoisotopic (exact) mass is 236 g/mol. The van der Waals surface area contributed by atoms with Gasteiger partial charge in [0, 0.05) is 25.9 Å². The van der Waals surface area contributed by atoms with E-state index in [9.17, 15) is 0 Å². The number of likely N-dealkylation sites (N-methyl/N-ethyl adjacent to an activating group) is 1. The van der Waals surface area contributed by atoms with E-state index in [1.807, 2.05) is 26.1 Å². The van der Waals surface area contributed by atoms with Crippen LogP contribution in [-0.2, 0) is 11.3 Å². The van der Waals surface area contributed by atoms with Crippen LogP contribution in [0.25, 0.3) is 0 Å². The Bertz CT molecular complexity index is 367. The van der Waals surface area contributed by atoms with Gasteiger partial charge in [0.2, 0.25) is 0 Å². The van der Waals surface area contributed by atoms with Gasteiger partial charge in [-0.1, -0.05) is 6.07 Å². The lowest BCUT2D eigenvalue weighted by Crippen LogP contribution is -2.25. The van der Waals surface area contributed by atoms with Crippen LogP contribution in [0.1, 0.15) is 18.2 Å². The van der Waals surface area contributed by atoms with E-state index in [2.05, 4.69) is 9.88 Å². The minimum Gasteiger partial charge on any atom is -0.382 e. The second kappa shape index (κ2) is 6.98. The van der Waals surface area contributed by atoms with Crippen LogP contribution in [0.4, 0.5) is 0 Å². The van der Waals surface area contributed by atoms with Crippen LogP contribution in [0.3, 0.4) is 0 Å². The van der Waals surface area contributed by atoms with Crippen molar-refractivity contribution < 1.29 is 4.74 Å². The molecule has 1 heterocycles. The maximum absolute atomic E-state index is 7.46. The Hall–Kier alpha value is -1.46. The molecule has 0 bridgehead atoms. The number of pyridine rings is 1. The van der Waals surface area contributed by atoms with Crippen molar-refractivity contribution in [3.63, 3.8) is 0 Å². The minimum absolute atomic E-state index is 0.0128. The summed E-state index contributed by atoms with van der Waals surface area (Å²) in [5.41, 5.74) is 7.03. The highest BCUT2D eigenvalue weighted by molar-refractivity contribution is 5.94. The first-order valence-electron chi connectivity index (χ1n) is 5.69. The van der Waals surface area contributed by atoms with Crippen LogP contribution in [-0.4, -0.2) is 42.5 Å². The molecule has 0 aromatic carbocycles. The van der Waals surface area contributed by atoms with Gasteiger partial charge >= 0.3 is 0 Å². The van der Waals surface area contributed by atoms with Crippen molar-refractivity contribution >= 4 is 5.84 Å². The quantitative estimate of drug-likeness (QED) is 0.418. The Kier molecular flexibility index (Phi) is 5.59. The molecule has 0 saturated heterocycles. The summed E-state index contributed by atoms with van der Waals surface area (Å²) in [4.78, 5) is 6.24. The molecule has 5 nitrogen and oxygen atoms in total. The van der Waals surface area contributed by atoms with Gasteiger partial charge in [-0.3, -0.25) is 15.3 Å². The molecule has 0 aliphatic rings. The molecule has 0 saturated carbocycles. The van der Waals surface area contributed by atoms with E-state index in [0.717, 1.165) is 25.3 Å². The van der Waals surface area contributed by atoms with Gasteiger partial charge in [0.1, 0.15) is 11.5 Å². The molecular formula is C12H20N4O. The Morgan fingerprint density at radius 1 is 1.59 bits per heavy atom. The van der Waals surface area contributed by atoms with Crippen LogP contribution in [0.5, 0.6) is 0 Å². The van der Waals surface area contributed by atoms with Crippen molar-refractivity contribution in [1.29, 1.82) is 5.41 Å². The number of nitrogens with one attached hydrogen (secondary N) is 1. The van der Waals surface area contributed by atoms with Crippen LogP contribution in [0, 0.1) is 5.41 Å². The van der Waals surface area contributed by atoms with E-state index >= 15 is 0 Å². The zero-order chi connectivity index (χ0) is 12.7. The average molecular weight is 236 g/mol. The first-order chi connectivity index (χ1) is 8.15. The summed E-state index contributed by atoms with van der Waals surface area (Å²) < 4.78 is 5.30. The number of aromatic nitrogens is 1. The number of nitrogens with two attached hydrogens (primary N) is 1. The number of nitrogen functional groups attached to an aromatic ring is 1. The van der Waals surface area contributed by atoms with Crippen molar-refractivity contribution in [2.75, 3.05) is 26.8 Å². The highest BCUT2D eigenvalue weighted by atomic mass is 16.5. The standard InChI is InChI=1S/C12H20N4O/c1-3-17-8-7-16(2)9-10-5-4-6-15-11(10)12(13)14/h4-6H,3,7-9H2,1-2H3,(H3,13,14). The number of amidine groups is 1. The van der Waals surface area contributed by atoms with E-state index in [1.54, 1.807) is 6.20 Å². The highest BCUT2D eigenvalue weighted by Gasteiger charge is 2.08. The fourth-order valence-electron chi connectivity index (χ4n) is 1.54. The summed E-state index contributed by atoms with van der Waals surface area (Å²) in [6.07, 6.45) is 1.65. The molecule has 5 heteroatoms. The fraction of sp³-hybridized carbons (Fsp3) is 0.500. The fourth-order valence-corrected chi connectivity index (χ4v) is 1.54. The Morgan fingerprint density at radius 2 is 2.35 bits per heavy atom. The number of nitrogens with zero attached hydrogens (tertiary/aromatic N) is 2. The second-order valence-electron chi connectivity index (χ2n) is 3.86. The number of rotatable bonds is 7. The molecule has 17 heavy (non-hydrogen) atoms. The Morgan fingerprint density at radius 3 is 3.00 bits per heavy atom. The maximum Gasteiger partial charge on any atom is 0.142 e. The largest absolute Gasteiger partial charge is 0.382 e. The van der Waals surface area contributed by atoms with Gasteiger partial charge in [0.15, 0.2) is 0 Å². The smallest absolute Gasteiger partial charge is 0.142 e. The van der Waals surface area contributed by atoms with Crippen molar-refractivity contribution in [2.45, 2.75) is 13.5 Å². The minimum atomic E-state index is 0.0128. The van der Waals surface area contributed by atoms with Crippen molar-refractivity contribution in [3.05, 3.63) is 29.6 Å². The molecule has 0 atom stereocenters. The zero-order valence-corrected chi connectivity index (χ0v) is 10.4. The molecule has 94 valence electrons. The zero-order valence-electron chi connectivity index (χ0n) is 10.4. The predicted molar refractivity (Wildman–Crippen MR) is 68.1 cm³/mol. The third-order valence-electron chi connectivity index (χ3n) is 2.41. The van der Waals surface area contributed by atoms with Crippen LogP contribution in [0.15, 0.2) is 18.3 Å². The molecule has 0 unspecified atom stereocenters. The summed E-state index contributed by atoms with van der Waals surface area (Å²) in [5.74, 6) is 0.0128. The molecule has 1 aromatic rings.